The lowest BCUT2D eigenvalue weighted by Gasteiger charge is -2.32. The van der Waals surface area contributed by atoms with Gasteiger partial charge in [-0.25, -0.2) is 14.2 Å². The summed E-state index contributed by atoms with van der Waals surface area (Å²) >= 11 is 0. The lowest BCUT2D eigenvalue weighted by Crippen LogP contribution is -2.42. The van der Waals surface area contributed by atoms with Crippen molar-refractivity contribution in [3.05, 3.63) is 70.1 Å². The van der Waals surface area contributed by atoms with E-state index in [0.717, 1.165) is 25.9 Å². The van der Waals surface area contributed by atoms with Gasteiger partial charge < -0.3 is 20.1 Å². The first-order chi connectivity index (χ1) is 16.0. The summed E-state index contributed by atoms with van der Waals surface area (Å²) in [4.78, 5) is 26.1. The third kappa shape index (κ3) is 4.72. The Morgan fingerprint density at radius 3 is 2.55 bits per heavy atom. The van der Waals surface area contributed by atoms with Gasteiger partial charge >= 0.3 is 0 Å². The number of anilines is 1. The molecule has 0 saturated carbocycles. The molecule has 3 N–H and O–H groups in total. The van der Waals surface area contributed by atoms with Gasteiger partial charge in [0.2, 0.25) is 11.6 Å². The highest BCUT2D eigenvalue weighted by molar-refractivity contribution is 5.81. The Morgan fingerprint density at radius 2 is 1.94 bits per heavy atom. The summed E-state index contributed by atoms with van der Waals surface area (Å²) in [6.45, 7) is 8.09. The van der Waals surface area contributed by atoms with Crippen LogP contribution in [-0.4, -0.2) is 48.0 Å². The summed E-state index contributed by atoms with van der Waals surface area (Å²) < 4.78 is 19.5. The van der Waals surface area contributed by atoms with Gasteiger partial charge in [-0.05, 0) is 43.7 Å². The Morgan fingerprint density at radius 1 is 1.24 bits per heavy atom. The number of nitrogens with one attached hydrogen (secondary N) is 2. The molecule has 170 valence electrons. The van der Waals surface area contributed by atoms with Crippen molar-refractivity contribution in [2.75, 3.05) is 31.8 Å². The normalized spacial score (nSPS) is 14.2. The second-order valence-corrected chi connectivity index (χ2v) is 7.74. The lowest BCUT2D eigenvalue weighted by molar-refractivity contribution is 0.0985. The highest BCUT2D eigenvalue weighted by atomic mass is 19.1. The molecule has 0 bridgehead atoms. The van der Waals surface area contributed by atoms with E-state index in [4.69, 9.17) is 21.4 Å². The van der Waals surface area contributed by atoms with E-state index >= 15 is 0 Å². The summed E-state index contributed by atoms with van der Waals surface area (Å²) in [5, 5.41) is 12.2. The zero-order valence-corrected chi connectivity index (χ0v) is 18.1. The number of piperidine rings is 1. The van der Waals surface area contributed by atoms with Crippen molar-refractivity contribution in [1.29, 1.82) is 0 Å². The Labute approximate surface area is 190 Å². The predicted molar refractivity (Wildman–Crippen MR) is 124 cm³/mol. The van der Waals surface area contributed by atoms with Crippen LogP contribution in [-0.2, 0) is 0 Å². The van der Waals surface area contributed by atoms with Crippen LogP contribution in [0.25, 0.3) is 27.2 Å². The number of hydrogen-bond acceptors (Lipinski definition) is 6. The lowest BCUT2D eigenvalue weighted by atomic mass is 10.00. The molecular weight excluding hydrogens is 425 g/mol. The number of nitrogens with zero attached hydrogens (tertiary/aromatic N) is 3. The Bertz CT molecular complexity index is 1230. The number of aromatic amines is 1. The van der Waals surface area contributed by atoms with Crippen LogP contribution in [0.4, 0.5) is 16.0 Å². The fourth-order valence-electron chi connectivity index (χ4n) is 4.01. The fraction of sp³-hybridized carbons (Fsp3) is 0.292. The highest BCUT2D eigenvalue weighted by Crippen LogP contribution is 2.32. The molecule has 0 atom stereocenters. The number of aromatic nitrogens is 2. The third-order valence-corrected chi connectivity index (χ3v) is 5.83. The van der Waals surface area contributed by atoms with Gasteiger partial charge in [0.15, 0.2) is 6.79 Å². The van der Waals surface area contributed by atoms with E-state index in [-0.39, 0.29) is 16.8 Å². The smallest absolute Gasteiger partial charge is 0.260 e. The molecule has 0 amide bonds. The van der Waals surface area contributed by atoms with Crippen molar-refractivity contribution in [1.82, 2.24) is 15.3 Å². The third-order valence-electron chi connectivity index (χ3n) is 5.83. The summed E-state index contributed by atoms with van der Waals surface area (Å²) in [5.41, 5.74) is 1.15. The van der Waals surface area contributed by atoms with Gasteiger partial charge in [0, 0.05) is 24.7 Å². The van der Waals surface area contributed by atoms with Crippen LogP contribution in [0.5, 0.6) is 5.75 Å². The van der Waals surface area contributed by atoms with Crippen molar-refractivity contribution in [3.63, 3.8) is 0 Å². The van der Waals surface area contributed by atoms with Gasteiger partial charge in [-0.15, -0.1) is 0 Å². The number of hydrogen-bond donors (Lipinski definition) is 3. The van der Waals surface area contributed by atoms with Gasteiger partial charge in [-0.1, -0.05) is 24.3 Å². The van der Waals surface area contributed by atoms with E-state index in [0.29, 0.717) is 34.6 Å². The molecule has 0 unspecified atom stereocenters. The number of aliphatic hydroxyl groups is 1. The van der Waals surface area contributed by atoms with Gasteiger partial charge in [0.25, 0.3) is 5.56 Å². The van der Waals surface area contributed by atoms with E-state index < -0.39 is 12.6 Å². The number of aliphatic hydroxyl groups excluding tert-OH is 1. The van der Waals surface area contributed by atoms with Crippen LogP contribution in [0, 0.1) is 12.4 Å². The van der Waals surface area contributed by atoms with Crippen molar-refractivity contribution in [2.45, 2.75) is 18.9 Å². The quantitative estimate of drug-likeness (QED) is 0.395. The monoisotopic (exact) mass is 449 g/mol. The molecule has 1 aromatic heterocycles. The molecule has 1 saturated heterocycles. The maximum absolute atomic E-state index is 14.5. The molecule has 2 heterocycles. The van der Waals surface area contributed by atoms with Crippen LogP contribution >= 0.6 is 0 Å². The van der Waals surface area contributed by atoms with E-state index in [1.807, 2.05) is 11.9 Å². The van der Waals surface area contributed by atoms with Crippen molar-refractivity contribution in [2.24, 2.45) is 0 Å². The summed E-state index contributed by atoms with van der Waals surface area (Å²) in [6.07, 6.45) is 1.83. The zero-order valence-electron chi connectivity index (χ0n) is 18.1. The molecule has 2 aromatic carbocycles. The maximum atomic E-state index is 14.5. The molecule has 3 aromatic rings. The number of H-pyrrole nitrogens is 1. The molecule has 33 heavy (non-hydrogen) atoms. The Kier molecular flexibility index (Phi) is 6.68. The first-order valence-electron chi connectivity index (χ1n) is 10.6. The van der Waals surface area contributed by atoms with Gasteiger partial charge in [0.05, 0.1) is 17.8 Å². The van der Waals surface area contributed by atoms with Gasteiger partial charge in [-0.2, -0.15) is 0 Å². The molecule has 0 spiro atoms. The molecule has 4 rings (SSSR count). The largest absolute Gasteiger partial charge is 0.468 e. The first kappa shape index (κ1) is 22.5. The first-order valence-corrected chi connectivity index (χ1v) is 10.6. The number of ether oxygens (including phenoxy) is 1. The molecule has 1 aliphatic rings. The minimum Gasteiger partial charge on any atom is -0.468 e. The van der Waals surface area contributed by atoms with Gasteiger partial charge in [-0.3, -0.25) is 9.78 Å². The maximum Gasteiger partial charge on any atom is 0.260 e. The molecule has 0 radical (unpaired) electrons. The van der Waals surface area contributed by atoms with Crippen LogP contribution in [0.2, 0.25) is 0 Å². The number of benzene rings is 2. The van der Waals surface area contributed by atoms with Crippen LogP contribution < -0.4 is 20.5 Å². The standard InChI is InChI=1S/C24H24FN5O3/c1-26-17-9-11-30(12-10-17)24-28-22(16-5-8-20(27-2)19(25)13-16)21(23(32)29-24)15-3-6-18(7-4-15)33-14-31/h3-8,13,17,26,31H,9-12,14H2,1H3,(H,28,29,32). The average Bonchev–Trinajstić information content (AvgIpc) is 2.84. The fourth-order valence-corrected chi connectivity index (χ4v) is 4.01. The molecular formula is C24H24FN5O3. The van der Waals surface area contributed by atoms with Gasteiger partial charge in [0.1, 0.15) is 11.6 Å². The van der Waals surface area contributed by atoms with Crippen LogP contribution in [0.1, 0.15) is 12.8 Å². The summed E-state index contributed by atoms with van der Waals surface area (Å²) in [6, 6.07) is 11.3. The second-order valence-electron chi connectivity index (χ2n) is 7.74. The zero-order chi connectivity index (χ0) is 23.4. The van der Waals surface area contributed by atoms with Crippen LogP contribution in [0.15, 0.2) is 47.3 Å². The molecule has 9 heteroatoms. The molecule has 0 aliphatic carbocycles. The van der Waals surface area contributed by atoms with Crippen molar-refractivity contribution >= 4 is 11.6 Å². The summed E-state index contributed by atoms with van der Waals surface area (Å²) in [5.74, 6) is 0.213. The molecule has 8 nitrogen and oxygen atoms in total. The van der Waals surface area contributed by atoms with E-state index in [1.165, 1.54) is 12.1 Å². The van der Waals surface area contributed by atoms with Crippen LogP contribution in [0.3, 0.4) is 0 Å². The Hall–Kier alpha value is -3.74. The Balaban J connectivity index is 1.82. The van der Waals surface area contributed by atoms with Crippen molar-refractivity contribution < 1.29 is 14.2 Å². The SMILES string of the molecule is [C-]#[N+]c1ccc(-c2nc(N3CCC(NC)CC3)[nH]c(=O)c2-c2ccc(OCO)cc2)cc1F. The average molecular weight is 449 g/mol. The highest BCUT2D eigenvalue weighted by Gasteiger charge is 2.23. The number of rotatable bonds is 6. The topological polar surface area (TPSA) is 94.8 Å². The molecule has 1 aliphatic heterocycles. The number of halogens is 1. The minimum atomic E-state index is -0.668. The van der Waals surface area contributed by atoms with E-state index in [1.54, 1.807) is 30.3 Å². The second kappa shape index (κ2) is 9.81. The van der Waals surface area contributed by atoms with E-state index in [9.17, 15) is 9.18 Å². The van der Waals surface area contributed by atoms with Crippen molar-refractivity contribution in [3.8, 4) is 28.1 Å². The summed E-state index contributed by atoms with van der Waals surface area (Å²) in [7, 11) is 1.94. The predicted octanol–water partition coefficient (Wildman–Crippen LogP) is 3.31. The molecule has 1 fully saturated rings. The van der Waals surface area contributed by atoms with E-state index in [2.05, 4.69) is 15.1 Å². The minimum absolute atomic E-state index is 0.0926.